The van der Waals surface area contributed by atoms with Gasteiger partial charge in [0, 0.05) is 13.1 Å². The van der Waals surface area contributed by atoms with Gasteiger partial charge in [-0.05, 0) is 32.0 Å². The molecule has 0 spiro atoms. The van der Waals surface area contributed by atoms with Crippen molar-refractivity contribution >= 4 is 33.8 Å². The molecule has 5 nitrogen and oxygen atoms in total. The summed E-state index contributed by atoms with van der Waals surface area (Å²) in [6, 6.07) is 3.93. The molecule has 0 aromatic carbocycles. The first kappa shape index (κ1) is 12.9. The molecule has 0 unspecified atom stereocenters. The first-order valence-corrected chi connectivity index (χ1v) is 6.74. The number of hydrogen-bond donors (Lipinski definition) is 1. The van der Waals surface area contributed by atoms with Crippen molar-refractivity contribution in [2.75, 3.05) is 25.0 Å². The lowest BCUT2D eigenvalue weighted by Gasteiger charge is -2.15. The van der Waals surface area contributed by atoms with Gasteiger partial charge in [-0.3, -0.25) is 4.79 Å². The van der Waals surface area contributed by atoms with Crippen LogP contribution in [0.1, 0.15) is 22.6 Å². The van der Waals surface area contributed by atoms with E-state index in [0.717, 1.165) is 35.5 Å². The maximum absolute atomic E-state index is 10.6. The molecule has 2 aromatic heterocycles. The van der Waals surface area contributed by atoms with Gasteiger partial charge in [0.1, 0.15) is 16.2 Å². The standard InChI is InChI=1S/C11H11N3OS.CH5N/c15-7-10-12-8-3-4-9(13-11(8)16-10)14-5-1-2-6-14;1-2/h3-4,7H,1-2,5-6H2;2H2,1H3. The van der Waals surface area contributed by atoms with Crippen molar-refractivity contribution in [2.24, 2.45) is 5.73 Å². The topological polar surface area (TPSA) is 72.1 Å². The Morgan fingerprint density at radius 3 is 2.67 bits per heavy atom. The number of anilines is 1. The van der Waals surface area contributed by atoms with E-state index in [9.17, 15) is 4.79 Å². The minimum Gasteiger partial charge on any atom is -0.357 e. The number of fused-ring (bicyclic) bond motifs is 1. The lowest BCUT2D eigenvalue weighted by atomic mass is 10.4. The highest BCUT2D eigenvalue weighted by molar-refractivity contribution is 7.19. The number of aldehydes is 1. The monoisotopic (exact) mass is 264 g/mol. The van der Waals surface area contributed by atoms with Gasteiger partial charge in [0.15, 0.2) is 11.3 Å². The molecule has 0 aliphatic carbocycles. The Balaban J connectivity index is 0.000000574. The third kappa shape index (κ3) is 2.49. The van der Waals surface area contributed by atoms with E-state index in [2.05, 4.69) is 20.6 Å². The quantitative estimate of drug-likeness (QED) is 0.835. The van der Waals surface area contributed by atoms with E-state index in [0.29, 0.717) is 5.01 Å². The van der Waals surface area contributed by atoms with E-state index in [1.165, 1.54) is 31.2 Å². The van der Waals surface area contributed by atoms with Gasteiger partial charge in [-0.25, -0.2) is 9.97 Å². The average Bonchev–Trinajstić information content (AvgIpc) is 3.08. The molecule has 0 bridgehead atoms. The summed E-state index contributed by atoms with van der Waals surface area (Å²) in [6.07, 6.45) is 3.26. The fourth-order valence-electron chi connectivity index (χ4n) is 2.00. The van der Waals surface area contributed by atoms with Crippen molar-refractivity contribution in [1.29, 1.82) is 0 Å². The van der Waals surface area contributed by atoms with Crippen LogP contribution >= 0.6 is 11.3 Å². The third-order valence-electron chi connectivity index (χ3n) is 2.79. The van der Waals surface area contributed by atoms with Gasteiger partial charge in [-0.15, -0.1) is 0 Å². The van der Waals surface area contributed by atoms with E-state index in [4.69, 9.17) is 0 Å². The van der Waals surface area contributed by atoms with Crippen LogP contribution in [0.2, 0.25) is 0 Å². The van der Waals surface area contributed by atoms with Crippen LogP contribution in [-0.4, -0.2) is 36.4 Å². The summed E-state index contributed by atoms with van der Waals surface area (Å²) in [6.45, 7) is 2.16. The fraction of sp³-hybridized carbons (Fsp3) is 0.417. The van der Waals surface area contributed by atoms with Crippen LogP contribution < -0.4 is 10.6 Å². The highest BCUT2D eigenvalue weighted by Gasteiger charge is 2.14. The smallest absolute Gasteiger partial charge is 0.178 e. The molecule has 6 heteroatoms. The Kier molecular flexibility index (Phi) is 4.22. The van der Waals surface area contributed by atoms with Crippen molar-refractivity contribution in [2.45, 2.75) is 12.8 Å². The summed E-state index contributed by atoms with van der Waals surface area (Å²) >= 11 is 1.35. The molecule has 3 rings (SSSR count). The van der Waals surface area contributed by atoms with Crippen LogP contribution in [0, 0.1) is 0 Å². The van der Waals surface area contributed by atoms with Crippen molar-refractivity contribution < 1.29 is 4.79 Å². The predicted octanol–water partition coefficient (Wildman–Crippen LogP) is 1.68. The van der Waals surface area contributed by atoms with Crippen LogP contribution in [0.15, 0.2) is 12.1 Å². The second kappa shape index (κ2) is 5.88. The first-order valence-electron chi connectivity index (χ1n) is 5.92. The Hall–Kier alpha value is -1.53. The van der Waals surface area contributed by atoms with Crippen molar-refractivity contribution in [3.8, 4) is 0 Å². The third-order valence-corrected chi connectivity index (χ3v) is 3.68. The maximum atomic E-state index is 10.6. The van der Waals surface area contributed by atoms with Crippen molar-refractivity contribution in [3.05, 3.63) is 17.1 Å². The second-order valence-electron chi connectivity index (χ2n) is 3.86. The van der Waals surface area contributed by atoms with Crippen LogP contribution in [0.3, 0.4) is 0 Å². The normalized spacial score (nSPS) is 14.4. The van der Waals surface area contributed by atoms with Gasteiger partial charge < -0.3 is 10.6 Å². The highest BCUT2D eigenvalue weighted by Crippen LogP contribution is 2.24. The molecule has 1 aliphatic rings. The summed E-state index contributed by atoms with van der Waals surface area (Å²) in [5.41, 5.74) is 5.31. The molecule has 1 saturated heterocycles. The average molecular weight is 264 g/mol. The van der Waals surface area contributed by atoms with Crippen LogP contribution in [0.25, 0.3) is 10.3 Å². The lowest BCUT2D eigenvalue weighted by molar-refractivity contribution is 0.112. The molecule has 2 aromatic rings. The zero-order valence-electron chi connectivity index (χ0n) is 10.3. The summed E-state index contributed by atoms with van der Waals surface area (Å²) < 4.78 is 0. The lowest BCUT2D eigenvalue weighted by Crippen LogP contribution is -2.18. The van der Waals surface area contributed by atoms with E-state index < -0.39 is 0 Å². The van der Waals surface area contributed by atoms with Gasteiger partial charge in [0.2, 0.25) is 0 Å². The second-order valence-corrected chi connectivity index (χ2v) is 4.87. The van der Waals surface area contributed by atoms with E-state index in [1.54, 1.807) is 0 Å². The predicted molar refractivity (Wildman–Crippen MR) is 74.4 cm³/mol. The highest BCUT2D eigenvalue weighted by atomic mass is 32.1. The van der Waals surface area contributed by atoms with Crippen molar-refractivity contribution in [1.82, 2.24) is 9.97 Å². The minimum absolute atomic E-state index is 0.501. The number of thiazole rings is 1. The van der Waals surface area contributed by atoms with Gasteiger partial charge in [-0.1, -0.05) is 11.3 Å². The van der Waals surface area contributed by atoms with E-state index in [1.807, 2.05) is 12.1 Å². The van der Waals surface area contributed by atoms with Gasteiger partial charge in [0.05, 0.1) is 0 Å². The summed E-state index contributed by atoms with van der Waals surface area (Å²) in [4.78, 5) is 22.5. The van der Waals surface area contributed by atoms with Crippen LogP contribution in [0.5, 0.6) is 0 Å². The Bertz CT molecular complexity index is 534. The number of nitrogens with two attached hydrogens (primary N) is 1. The number of hydrogen-bond acceptors (Lipinski definition) is 6. The zero-order chi connectivity index (χ0) is 13.0. The molecule has 1 fully saturated rings. The summed E-state index contributed by atoms with van der Waals surface area (Å²) in [5.74, 6) is 1.01. The Morgan fingerprint density at radius 1 is 1.28 bits per heavy atom. The summed E-state index contributed by atoms with van der Waals surface area (Å²) in [7, 11) is 1.50. The molecule has 0 amide bonds. The molecule has 1 aliphatic heterocycles. The summed E-state index contributed by atoms with van der Waals surface area (Å²) in [5, 5.41) is 0.501. The SMILES string of the molecule is CN.O=Cc1nc2ccc(N3CCCC3)nc2s1. The number of rotatable bonds is 2. The molecule has 0 radical (unpaired) electrons. The minimum atomic E-state index is 0.501. The van der Waals surface area contributed by atoms with Crippen molar-refractivity contribution in [3.63, 3.8) is 0 Å². The molecular formula is C12H16N4OS. The molecule has 3 heterocycles. The number of carbonyl (C=O) groups is 1. The Labute approximate surface area is 110 Å². The molecule has 2 N–H and O–H groups in total. The first-order chi connectivity index (χ1) is 8.86. The molecule has 0 saturated carbocycles. The van der Waals surface area contributed by atoms with E-state index >= 15 is 0 Å². The van der Waals surface area contributed by atoms with Crippen LogP contribution in [0.4, 0.5) is 5.82 Å². The molecule has 18 heavy (non-hydrogen) atoms. The van der Waals surface area contributed by atoms with Gasteiger partial charge >= 0.3 is 0 Å². The van der Waals surface area contributed by atoms with Gasteiger partial charge in [-0.2, -0.15) is 0 Å². The van der Waals surface area contributed by atoms with E-state index in [-0.39, 0.29) is 0 Å². The number of pyridine rings is 1. The zero-order valence-corrected chi connectivity index (χ0v) is 11.1. The van der Waals surface area contributed by atoms with Gasteiger partial charge in [0.25, 0.3) is 0 Å². The largest absolute Gasteiger partial charge is 0.357 e. The number of aromatic nitrogens is 2. The Morgan fingerprint density at radius 2 is 2.00 bits per heavy atom. The molecular weight excluding hydrogens is 248 g/mol. The number of nitrogens with zero attached hydrogens (tertiary/aromatic N) is 3. The number of carbonyl (C=O) groups excluding carboxylic acids is 1. The maximum Gasteiger partial charge on any atom is 0.178 e. The molecule has 0 atom stereocenters. The molecule has 96 valence electrons. The van der Waals surface area contributed by atoms with Crippen LogP contribution in [-0.2, 0) is 0 Å². The fourth-order valence-corrected chi connectivity index (χ4v) is 2.74.